The number of hydrogen-bond donors (Lipinski definition) is 2. The smallest absolute Gasteiger partial charge is 0.255 e. The summed E-state index contributed by atoms with van der Waals surface area (Å²) in [4.78, 5) is 25.0. The number of benzene rings is 2. The number of hydrogen-bond acceptors (Lipinski definition) is 3. The Morgan fingerprint density at radius 1 is 1.04 bits per heavy atom. The van der Waals surface area contributed by atoms with Gasteiger partial charge in [-0.15, -0.1) is 0 Å². The van der Waals surface area contributed by atoms with Crippen molar-refractivity contribution in [2.24, 2.45) is 0 Å². The second kappa shape index (κ2) is 9.88. The summed E-state index contributed by atoms with van der Waals surface area (Å²) in [6, 6.07) is 12.8. The Morgan fingerprint density at radius 3 is 2.37 bits per heavy atom. The van der Waals surface area contributed by atoms with Crippen LogP contribution in [0.25, 0.3) is 0 Å². The molecule has 0 saturated heterocycles. The monoisotopic (exact) mass is 368 g/mol. The number of anilines is 1. The van der Waals surface area contributed by atoms with Gasteiger partial charge in [-0.1, -0.05) is 38.1 Å². The molecule has 0 aromatic heterocycles. The third-order valence-corrected chi connectivity index (χ3v) is 4.36. The molecule has 0 fully saturated rings. The topological polar surface area (TPSA) is 67.4 Å². The van der Waals surface area contributed by atoms with E-state index in [0.29, 0.717) is 30.2 Å². The van der Waals surface area contributed by atoms with Crippen LogP contribution in [-0.4, -0.2) is 32.1 Å². The second-order valence-electron chi connectivity index (χ2n) is 6.83. The summed E-state index contributed by atoms with van der Waals surface area (Å²) in [5, 5.41) is 5.85. The van der Waals surface area contributed by atoms with Gasteiger partial charge < -0.3 is 15.4 Å². The molecule has 144 valence electrons. The van der Waals surface area contributed by atoms with Crippen LogP contribution >= 0.6 is 0 Å². The summed E-state index contributed by atoms with van der Waals surface area (Å²) in [7, 11) is 1.63. The third kappa shape index (κ3) is 5.66. The van der Waals surface area contributed by atoms with Crippen molar-refractivity contribution in [3.8, 4) is 0 Å². The number of aryl methyl sites for hydroxylation is 1. The first kappa shape index (κ1) is 20.6. The zero-order valence-electron chi connectivity index (χ0n) is 16.5. The van der Waals surface area contributed by atoms with Crippen LogP contribution < -0.4 is 10.6 Å². The van der Waals surface area contributed by atoms with E-state index in [0.717, 1.165) is 23.2 Å². The summed E-state index contributed by atoms with van der Waals surface area (Å²) in [6.45, 7) is 7.30. The molecule has 0 atom stereocenters. The number of para-hydroxylation sites is 1. The fourth-order valence-corrected chi connectivity index (χ4v) is 2.85. The number of carbonyl (C=O) groups is 2. The number of rotatable bonds is 8. The number of nitrogens with one attached hydrogen (secondary N) is 2. The third-order valence-electron chi connectivity index (χ3n) is 4.36. The van der Waals surface area contributed by atoms with Gasteiger partial charge in [0.1, 0.15) is 0 Å². The van der Waals surface area contributed by atoms with E-state index in [9.17, 15) is 9.59 Å². The van der Waals surface area contributed by atoms with Gasteiger partial charge in [0.05, 0.1) is 0 Å². The molecule has 5 heteroatoms. The first-order valence-electron chi connectivity index (χ1n) is 9.22. The Kier molecular flexibility index (Phi) is 7.55. The molecule has 5 nitrogen and oxygen atoms in total. The second-order valence-corrected chi connectivity index (χ2v) is 6.83. The maximum absolute atomic E-state index is 12.8. The van der Waals surface area contributed by atoms with E-state index in [4.69, 9.17) is 4.74 Å². The average Bonchev–Trinajstić information content (AvgIpc) is 2.66. The summed E-state index contributed by atoms with van der Waals surface area (Å²) in [5.41, 5.74) is 3.87. The highest BCUT2D eigenvalue weighted by molar-refractivity contribution is 6.06. The minimum absolute atomic E-state index is 0.195. The fourth-order valence-electron chi connectivity index (χ4n) is 2.85. The van der Waals surface area contributed by atoms with Crippen LogP contribution in [0, 0.1) is 6.92 Å². The van der Waals surface area contributed by atoms with Crippen molar-refractivity contribution in [1.82, 2.24) is 5.32 Å². The molecule has 0 saturated carbocycles. The summed E-state index contributed by atoms with van der Waals surface area (Å²) in [6.07, 6.45) is 0.744. The SMILES string of the molecule is COCCCNC(=O)c1cccc(C(=O)Nc2c(C)cccc2C(C)C)c1. The van der Waals surface area contributed by atoms with Crippen LogP contribution in [0.5, 0.6) is 0 Å². The lowest BCUT2D eigenvalue weighted by atomic mass is 9.98. The minimum atomic E-state index is -0.222. The van der Waals surface area contributed by atoms with Gasteiger partial charge in [0.2, 0.25) is 0 Å². The molecule has 0 unspecified atom stereocenters. The molecule has 0 aliphatic carbocycles. The fraction of sp³-hybridized carbons (Fsp3) is 0.364. The zero-order valence-corrected chi connectivity index (χ0v) is 16.5. The molecule has 0 aliphatic rings. The molecule has 0 aliphatic heterocycles. The summed E-state index contributed by atoms with van der Waals surface area (Å²) in [5.74, 6) is -0.121. The van der Waals surface area contributed by atoms with Crippen molar-refractivity contribution in [2.75, 3.05) is 25.6 Å². The number of amides is 2. The van der Waals surface area contributed by atoms with Gasteiger partial charge >= 0.3 is 0 Å². The highest BCUT2D eigenvalue weighted by Crippen LogP contribution is 2.27. The first-order valence-corrected chi connectivity index (χ1v) is 9.22. The van der Waals surface area contributed by atoms with Crippen LogP contribution in [0.2, 0.25) is 0 Å². The van der Waals surface area contributed by atoms with Gasteiger partial charge in [0.15, 0.2) is 0 Å². The molecule has 0 bridgehead atoms. The highest BCUT2D eigenvalue weighted by Gasteiger charge is 2.15. The molecule has 0 radical (unpaired) electrons. The quantitative estimate of drug-likeness (QED) is 0.688. The van der Waals surface area contributed by atoms with Gasteiger partial charge in [-0.05, 0) is 48.6 Å². The van der Waals surface area contributed by atoms with Gasteiger partial charge in [-0.2, -0.15) is 0 Å². The van der Waals surface area contributed by atoms with Crippen molar-refractivity contribution in [2.45, 2.75) is 33.1 Å². The average molecular weight is 368 g/mol. The van der Waals surface area contributed by atoms with Crippen LogP contribution in [0.4, 0.5) is 5.69 Å². The lowest BCUT2D eigenvalue weighted by Crippen LogP contribution is -2.25. The molecule has 2 rings (SSSR count). The molecule has 0 heterocycles. The molecule has 2 N–H and O–H groups in total. The van der Waals surface area contributed by atoms with E-state index in [1.54, 1.807) is 31.4 Å². The Balaban J connectivity index is 2.13. The van der Waals surface area contributed by atoms with Crippen molar-refractivity contribution in [3.05, 3.63) is 64.7 Å². The van der Waals surface area contributed by atoms with Gasteiger partial charge in [-0.25, -0.2) is 0 Å². The molecule has 27 heavy (non-hydrogen) atoms. The van der Waals surface area contributed by atoms with Crippen LogP contribution in [0.1, 0.15) is 58.0 Å². The Morgan fingerprint density at radius 2 is 1.70 bits per heavy atom. The Labute approximate surface area is 161 Å². The molecule has 2 aromatic rings. The lowest BCUT2D eigenvalue weighted by Gasteiger charge is -2.16. The molecular weight excluding hydrogens is 340 g/mol. The zero-order chi connectivity index (χ0) is 19.8. The Bertz CT molecular complexity index is 800. The molecular formula is C22H28N2O3. The summed E-state index contributed by atoms with van der Waals surface area (Å²) >= 11 is 0. The van der Waals surface area contributed by atoms with E-state index in [1.807, 2.05) is 25.1 Å². The molecule has 2 amide bonds. The molecule has 0 spiro atoms. The largest absolute Gasteiger partial charge is 0.385 e. The maximum Gasteiger partial charge on any atom is 0.255 e. The van der Waals surface area contributed by atoms with Crippen molar-refractivity contribution < 1.29 is 14.3 Å². The lowest BCUT2D eigenvalue weighted by molar-refractivity contribution is 0.0948. The van der Waals surface area contributed by atoms with E-state index in [2.05, 4.69) is 24.5 Å². The Hall–Kier alpha value is -2.66. The van der Waals surface area contributed by atoms with Crippen LogP contribution in [0.15, 0.2) is 42.5 Å². The van der Waals surface area contributed by atoms with E-state index < -0.39 is 0 Å². The van der Waals surface area contributed by atoms with Gasteiger partial charge in [-0.3, -0.25) is 9.59 Å². The molecule has 2 aromatic carbocycles. The van der Waals surface area contributed by atoms with Gasteiger partial charge in [0.25, 0.3) is 11.8 Å². The predicted molar refractivity (Wildman–Crippen MR) is 108 cm³/mol. The van der Waals surface area contributed by atoms with E-state index in [-0.39, 0.29) is 11.8 Å². The van der Waals surface area contributed by atoms with Gasteiger partial charge in [0, 0.05) is 37.1 Å². The highest BCUT2D eigenvalue weighted by atomic mass is 16.5. The first-order chi connectivity index (χ1) is 12.9. The maximum atomic E-state index is 12.8. The minimum Gasteiger partial charge on any atom is -0.385 e. The number of methoxy groups -OCH3 is 1. The van der Waals surface area contributed by atoms with Crippen molar-refractivity contribution >= 4 is 17.5 Å². The standard InChI is InChI=1S/C22H28N2O3/c1-15(2)19-11-5-8-16(3)20(19)24-22(26)18-10-6-9-17(14-18)21(25)23-12-7-13-27-4/h5-6,8-11,14-15H,7,12-13H2,1-4H3,(H,23,25)(H,24,26). The number of ether oxygens (including phenoxy) is 1. The van der Waals surface area contributed by atoms with E-state index >= 15 is 0 Å². The summed E-state index contributed by atoms with van der Waals surface area (Å²) < 4.78 is 4.97. The normalized spacial score (nSPS) is 10.7. The van der Waals surface area contributed by atoms with Crippen molar-refractivity contribution in [3.63, 3.8) is 0 Å². The van der Waals surface area contributed by atoms with Crippen LogP contribution in [0.3, 0.4) is 0 Å². The van der Waals surface area contributed by atoms with E-state index in [1.165, 1.54) is 0 Å². The van der Waals surface area contributed by atoms with Crippen molar-refractivity contribution in [1.29, 1.82) is 0 Å². The van der Waals surface area contributed by atoms with Crippen LogP contribution in [-0.2, 0) is 4.74 Å². The number of carbonyl (C=O) groups excluding carboxylic acids is 2. The predicted octanol–water partition coefficient (Wildman–Crippen LogP) is 4.14.